The lowest BCUT2D eigenvalue weighted by molar-refractivity contribution is 0.320. The summed E-state index contributed by atoms with van der Waals surface area (Å²) < 4.78 is 5.15. The van der Waals surface area contributed by atoms with Crippen molar-refractivity contribution in [3.8, 4) is 5.75 Å². The van der Waals surface area contributed by atoms with E-state index >= 15 is 0 Å². The first-order valence-electron chi connectivity index (χ1n) is 6.68. The summed E-state index contributed by atoms with van der Waals surface area (Å²) in [6, 6.07) is 8.22. The molecule has 0 saturated heterocycles. The lowest BCUT2D eigenvalue weighted by atomic mass is 9.88. The van der Waals surface area contributed by atoms with Crippen molar-refractivity contribution in [2.24, 2.45) is 5.41 Å². The molecule has 1 aromatic rings. The van der Waals surface area contributed by atoms with Crippen molar-refractivity contribution in [3.05, 3.63) is 29.8 Å². The summed E-state index contributed by atoms with van der Waals surface area (Å²) in [7, 11) is 1.69. The van der Waals surface area contributed by atoms with E-state index < -0.39 is 0 Å². The molecule has 1 aliphatic carbocycles. The molecule has 2 rings (SSSR count). The van der Waals surface area contributed by atoms with E-state index in [1.54, 1.807) is 7.11 Å². The Morgan fingerprint density at radius 2 is 1.89 bits per heavy atom. The van der Waals surface area contributed by atoms with E-state index in [4.69, 9.17) is 16.3 Å². The predicted molar refractivity (Wildman–Crippen MR) is 76.3 cm³/mol. The van der Waals surface area contributed by atoms with Gasteiger partial charge in [0.2, 0.25) is 0 Å². The summed E-state index contributed by atoms with van der Waals surface area (Å²) in [4.78, 5) is 0. The molecule has 0 aromatic heterocycles. The highest BCUT2D eigenvalue weighted by Gasteiger charge is 2.32. The third kappa shape index (κ3) is 3.39. The van der Waals surface area contributed by atoms with Gasteiger partial charge in [-0.15, -0.1) is 11.6 Å². The quantitative estimate of drug-likeness (QED) is 0.796. The topological polar surface area (TPSA) is 21.3 Å². The summed E-state index contributed by atoms with van der Waals surface area (Å²) in [5, 5.41) is 3.55. The Kier molecular flexibility index (Phi) is 4.90. The maximum absolute atomic E-state index is 6.13. The van der Waals surface area contributed by atoms with Crippen LogP contribution in [0.5, 0.6) is 5.75 Å². The van der Waals surface area contributed by atoms with Crippen LogP contribution in [-0.2, 0) is 6.54 Å². The minimum Gasteiger partial charge on any atom is -0.497 e. The Labute approximate surface area is 115 Å². The largest absolute Gasteiger partial charge is 0.497 e. The van der Waals surface area contributed by atoms with Gasteiger partial charge >= 0.3 is 0 Å². The molecule has 0 atom stereocenters. The summed E-state index contributed by atoms with van der Waals surface area (Å²) in [6.45, 7) is 1.94. The van der Waals surface area contributed by atoms with Crippen molar-refractivity contribution in [1.29, 1.82) is 0 Å². The Morgan fingerprint density at radius 1 is 1.22 bits per heavy atom. The van der Waals surface area contributed by atoms with Gasteiger partial charge in [0.15, 0.2) is 0 Å². The van der Waals surface area contributed by atoms with Crippen LogP contribution in [0.15, 0.2) is 24.3 Å². The molecule has 0 radical (unpaired) electrons. The first-order valence-corrected chi connectivity index (χ1v) is 7.21. The van der Waals surface area contributed by atoms with Crippen molar-refractivity contribution in [2.45, 2.75) is 32.2 Å². The molecule has 0 heterocycles. The van der Waals surface area contributed by atoms with Crippen LogP contribution in [0, 0.1) is 5.41 Å². The fourth-order valence-corrected chi connectivity index (χ4v) is 3.06. The number of nitrogens with one attached hydrogen (secondary N) is 1. The SMILES string of the molecule is COc1ccc(CNCC2(CCl)CCCC2)cc1. The average Bonchev–Trinajstić information content (AvgIpc) is 2.89. The van der Waals surface area contributed by atoms with E-state index in [9.17, 15) is 0 Å². The number of hydrogen-bond donors (Lipinski definition) is 1. The zero-order chi connectivity index (χ0) is 12.8. The molecule has 18 heavy (non-hydrogen) atoms. The number of halogens is 1. The van der Waals surface area contributed by atoms with Gasteiger partial charge < -0.3 is 10.1 Å². The van der Waals surface area contributed by atoms with Crippen LogP contribution >= 0.6 is 11.6 Å². The minimum absolute atomic E-state index is 0.341. The van der Waals surface area contributed by atoms with Crippen molar-refractivity contribution in [2.75, 3.05) is 19.5 Å². The van der Waals surface area contributed by atoms with Crippen molar-refractivity contribution in [1.82, 2.24) is 5.32 Å². The molecular formula is C15H22ClNO. The number of ether oxygens (including phenoxy) is 1. The summed E-state index contributed by atoms with van der Waals surface area (Å²) in [5.41, 5.74) is 1.63. The molecule has 0 unspecified atom stereocenters. The van der Waals surface area contributed by atoms with Gasteiger partial charge in [0, 0.05) is 19.0 Å². The van der Waals surface area contributed by atoms with Crippen molar-refractivity contribution < 1.29 is 4.74 Å². The smallest absolute Gasteiger partial charge is 0.118 e. The third-order valence-electron chi connectivity index (χ3n) is 3.94. The van der Waals surface area contributed by atoms with Gasteiger partial charge in [-0.3, -0.25) is 0 Å². The maximum atomic E-state index is 6.13. The molecule has 1 aliphatic rings. The van der Waals surface area contributed by atoms with Gasteiger partial charge in [0.05, 0.1) is 7.11 Å². The van der Waals surface area contributed by atoms with Gasteiger partial charge in [-0.05, 0) is 36.0 Å². The molecule has 3 heteroatoms. The number of rotatable bonds is 6. The maximum Gasteiger partial charge on any atom is 0.118 e. The molecule has 0 bridgehead atoms. The van der Waals surface area contributed by atoms with Gasteiger partial charge in [-0.2, -0.15) is 0 Å². The monoisotopic (exact) mass is 267 g/mol. The normalized spacial score (nSPS) is 17.9. The molecule has 1 aromatic carbocycles. The van der Waals surface area contributed by atoms with E-state index in [-0.39, 0.29) is 0 Å². The standard InChI is InChI=1S/C15H22ClNO/c1-18-14-6-4-13(5-7-14)10-17-12-15(11-16)8-2-3-9-15/h4-7,17H,2-3,8-12H2,1H3. The molecule has 2 nitrogen and oxygen atoms in total. The molecule has 0 aliphatic heterocycles. The van der Waals surface area contributed by atoms with Crippen LogP contribution in [0.25, 0.3) is 0 Å². The van der Waals surface area contributed by atoms with E-state index in [0.29, 0.717) is 5.41 Å². The molecule has 100 valence electrons. The Morgan fingerprint density at radius 3 is 2.44 bits per heavy atom. The molecular weight excluding hydrogens is 246 g/mol. The molecule has 0 spiro atoms. The zero-order valence-corrected chi connectivity index (χ0v) is 11.8. The second-order valence-corrected chi connectivity index (χ2v) is 5.56. The van der Waals surface area contributed by atoms with E-state index in [1.165, 1.54) is 31.2 Å². The number of hydrogen-bond acceptors (Lipinski definition) is 2. The van der Waals surface area contributed by atoms with Crippen LogP contribution in [-0.4, -0.2) is 19.5 Å². The molecule has 0 amide bonds. The highest BCUT2D eigenvalue weighted by molar-refractivity contribution is 6.18. The second kappa shape index (κ2) is 6.44. The Bertz CT molecular complexity index is 357. The highest BCUT2D eigenvalue weighted by atomic mass is 35.5. The van der Waals surface area contributed by atoms with Gasteiger partial charge in [-0.25, -0.2) is 0 Å². The first kappa shape index (κ1) is 13.7. The minimum atomic E-state index is 0.341. The lowest BCUT2D eigenvalue weighted by Crippen LogP contribution is -2.33. The first-order chi connectivity index (χ1) is 8.78. The van der Waals surface area contributed by atoms with Crippen molar-refractivity contribution >= 4 is 11.6 Å². The van der Waals surface area contributed by atoms with Crippen LogP contribution in [0.3, 0.4) is 0 Å². The summed E-state index contributed by atoms with van der Waals surface area (Å²) >= 11 is 6.13. The number of benzene rings is 1. The summed E-state index contributed by atoms with van der Waals surface area (Å²) in [6.07, 6.45) is 5.20. The van der Waals surface area contributed by atoms with Crippen LogP contribution in [0.4, 0.5) is 0 Å². The van der Waals surface area contributed by atoms with E-state index in [2.05, 4.69) is 17.4 Å². The van der Waals surface area contributed by atoms with Crippen LogP contribution < -0.4 is 10.1 Å². The van der Waals surface area contributed by atoms with Crippen LogP contribution in [0.2, 0.25) is 0 Å². The predicted octanol–water partition coefficient (Wildman–Crippen LogP) is 3.58. The van der Waals surface area contributed by atoms with E-state index in [1.807, 2.05) is 12.1 Å². The Hall–Kier alpha value is -0.730. The van der Waals surface area contributed by atoms with Gasteiger partial charge in [-0.1, -0.05) is 25.0 Å². The fourth-order valence-electron chi connectivity index (χ4n) is 2.70. The second-order valence-electron chi connectivity index (χ2n) is 5.29. The highest BCUT2D eigenvalue weighted by Crippen LogP contribution is 2.38. The third-order valence-corrected chi connectivity index (χ3v) is 4.50. The molecule has 1 fully saturated rings. The van der Waals surface area contributed by atoms with Crippen molar-refractivity contribution in [3.63, 3.8) is 0 Å². The Balaban J connectivity index is 1.80. The fraction of sp³-hybridized carbons (Fsp3) is 0.600. The van der Waals surface area contributed by atoms with Crippen LogP contribution in [0.1, 0.15) is 31.2 Å². The lowest BCUT2D eigenvalue weighted by Gasteiger charge is -2.26. The van der Waals surface area contributed by atoms with E-state index in [0.717, 1.165) is 24.7 Å². The zero-order valence-electron chi connectivity index (χ0n) is 11.0. The molecule has 1 N–H and O–H groups in total. The van der Waals surface area contributed by atoms with Gasteiger partial charge in [0.1, 0.15) is 5.75 Å². The summed E-state index contributed by atoms with van der Waals surface area (Å²) in [5.74, 6) is 1.69. The number of alkyl halides is 1. The number of methoxy groups -OCH3 is 1. The average molecular weight is 268 g/mol. The van der Waals surface area contributed by atoms with Gasteiger partial charge in [0.25, 0.3) is 0 Å². The molecule has 1 saturated carbocycles.